The molecule has 326 valence electrons. The van der Waals surface area contributed by atoms with Gasteiger partial charge in [0.2, 0.25) is 0 Å². The molecule has 4 heteroatoms. The standard InChI is InChI=1S/C66H40N2O2/c1-3-19-43(20-4-1)67(57-31-15-29-47-45-23-9-7-17-41(45)33-35-51(47)57)59-39-63-65(53-27-13-11-25-49(53)59)55-37-62-56(38-61(55)69-63)66-54-28-14-12-26-50(54)60(40-64(66)70-62)68(44-21-5-2-6-22-44)58-32-16-30-48-46-24-10-8-18-42(46)34-36-52(48)58/h1-40H. The third-order valence-corrected chi connectivity index (χ3v) is 14.6. The molecule has 0 radical (unpaired) electrons. The first-order valence-corrected chi connectivity index (χ1v) is 23.9. The maximum atomic E-state index is 7.08. The summed E-state index contributed by atoms with van der Waals surface area (Å²) in [6, 6.07) is 87.3. The van der Waals surface area contributed by atoms with Crippen LogP contribution in [-0.4, -0.2) is 0 Å². The number of anilines is 6. The van der Waals surface area contributed by atoms with E-state index in [1.54, 1.807) is 0 Å². The van der Waals surface area contributed by atoms with Gasteiger partial charge in [0.05, 0.1) is 22.7 Å². The number of hydrogen-bond donors (Lipinski definition) is 0. The van der Waals surface area contributed by atoms with E-state index in [2.05, 4.69) is 252 Å². The van der Waals surface area contributed by atoms with Gasteiger partial charge >= 0.3 is 0 Å². The predicted octanol–water partition coefficient (Wildman–Crippen LogP) is 19.3. The van der Waals surface area contributed by atoms with Crippen LogP contribution in [0.5, 0.6) is 0 Å². The van der Waals surface area contributed by atoms with Crippen molar-refractivity contribution in [1.29, 1.82) is 0 Å². The first-order chi connectivity index (χ1) is 34.7. The Balaban J connectivity index is 0.957. The predicted molar refractivity (Wildman–Crippen MR) is 295 cm³/mol. The maximum absolute atomic E-state index is 7.08. The van der Waals surface area contributed by atoms with E-state index < -0.39 is 0 Å². The minimum atomic E-state index is 0.817. The quantitative estimate of drug-likeness (QED) is 0.156. The highest BCUT2D eigenvalue weighted by Gasteiger charge is 2.25. The first kappa shape index (κ1) is 38.7. The van der Waals surface area contributed by atoms with Crippen LogP contribution < -0.4 is 9.80 Å². The summed E-state index contributed by atoms with van der Waals surface area (Å²) in [6.07, 6.45) is 0. The molecule has 0 saturated carbocycles. The van der Waals surface area contributed by atoms with E-state index in [1.807, 2.05) is 0 Å². The van der Waals surface area contributed by atoms with Gasteiger partial charge in [-0.05, 0) is 91.6 Å². The fraction of sp³-hybridized carbons (Fsp3) is 0. The fourth-order valence-electron chi connectivity index (χ4n) is 11.5. The lowest BCUT2D eigenvalue weighted by Gasteiger charge is -2.28. The molecule has 70 heavy (non-hydrogen) atoms. The van der Waals surface area contributed by atoms with Crippen molar-refractivity contribution in [1.82, 2.24) is 0 Å². The summed E-state index contributed by atoms with van der Waals surface area (Å²) in [7, 11) is 0. The summed E-state index contributed by atoms with van der Waals surface area (Å²) in [5.41, 5.74) is 9.71. The van der Waals surface area contributed by atoms with Crippen molar-refractivity contribution in [3.63, 3.8) is 0 Å². The van der Waals surface area contributed by atoms with E-state index in [9.17, 15) is 0 Å². The van der Waals surface area contributed by atoms with Crippen molar-refractivity contribution < 1.29 is 8.83 Å². The summed E-state index contributed by atoms with van der Waals surface area (Å²) in [4.78, 5) is 4.79. The van der Waals surface area contributed by atoms with Gasteiger partial charge < -0.3 is 18.6 Å². The molecular weight excluding hydrogens is 853 g/mol. The molecule has 0 unspecified atom stereocenters. The van der Waals surface area contributed by atoms with Gasteiger partial charge in [0.25, 0.3) is 0 Å². The lowest BCUT2D eigenvalue weighted by molar-refractivity contribution is 0.664. The lowest BCUT2D eigenvalue weighted by atomic mass is 9.97. The minimum Gasteiger partial charge on any atom is -0.456 e. The van der Waals surface area contributed by atoms with E-state index >= 15 is 0 Å². The molecule has 0 N–H and O–H groups in total. The van der Waals surface area contributed by atoms with Gasteiger partial charge in [-0.3, -0.25) is 0 Å². The smallest absolute Gasteiger partial charge is 0.138 e. The molecule has 2 heterocycles. The molecule has 0 saturated heterocycles. The average Bonchev–Trinajstić information content (AvgIpc) is 3.98. The van der Waals surface area contributed by atoms with Crippen LogP contribution in [0.25, 0.3) is 109 Å². The molecule has 0 bridgehead atoms. The third kappa shape index (κ3) is 5.71. The molecule has 2 aromatic heterocycles. The normalized spacial score (nSPS) is 12.0. The molecule has 0 aliphatic heterocycles. The van der Waals surface area contributed by atoms with E-state index in [0.29, 0.717) is 0 Å². The van der Waals surface area contributed by atoms with Gasteiger partial charge in [0, 0.05) is 66.6 Å². The van der Waals surface area contributed by atoms with Crippen LogP contribution in [0.1, 0.15) is 0 Å². The largest absolute Gasteiger partial charge is 0.456 e. The molecule has 0 fully saturated rings. The second-order valence-electron chi connectivity index (χ2n) is 18.3. The Morgan fingerprint density at radius 3 is 1.01 bits per heavy atom. The fourth-order valence-corrected chi connectivity index (χ4v) is 11.5. The average molecular weight is 893 g/mol. The van der Waals surface area contributed by atoms with Crippen molar-refractivity contribution in [3.8, 4) is 0 Å². The molecule has 0 aliphatic carbocycles. The van der Waals surface area contributed by atoms with E-state index in [1.165, 1.54) is 43.1 Å². The number of benzene rings is 13. The van der Waals surface area contributed by atoms with Crippen molar-refractivity contribution in [3.05, 3.63) is 243 Å². The van der Waals surface area contributed by atoms with Crippen LogP contribution in [0.4, 0.5) is 34.1 Å². The number of hydrogen-bond acceptors (Lipinski definition) is 4. The number of nitrogens with zero attached hydrogens (tertiary/aromatic N) is 2. The second-order valence-corrected chi connectivity index (χ2v) is 18.3. The van der Waals surface area contributed by atoms with Crippen molar-refractivity contribution in [2.24, 2.45) is 0 Å². The zero-order chi connectivity index (χ0) is 45.9. The van der Waals surface area contributed by atoms with Gasteiger partial charge in [-0.15, -0.1) is 0 Å². The molecular formula is C66H40N2O2. The molecule has 0 atom stereocenters. The topological polar surface area (TPSA) is 32.8 Å². The van der Waals surface area contributed by atoms with Crippen LogP contribution in [0.15, 0.2) is 251 Å². The molecule has 0 spiro atoms. The van der Waals surface area contributed by atoms with Crippen LogP contribution in [0, 0.1) is 0 Å². The van der Waals surface area contributed by atoms with Gasteiger partial charge in [0.15, 0.2) is 0 Å². The summed E-state index contributed by atoms with van der Waals surface area (Å²) < 4.78 is 14.2. The summed E-state index contributed by atoms with van der Waals surface area (Å²) in [6.45, 7) is 0. The summed E-state index contributed by atoms with van der Waals surface area (Å²) >= 11 is 0. The molecule has 15 aromatic rings. The SMILES string of the molecule is c1ccc(N(c2cccc3c2ccc2ccccc23)c2cc3oc4cc5c(cc4c3c3ccccc23)oc2cc(N(c3ccccc3)c3cccc4c3ccc3ccccc34)c3ccccc3c25)cc1. The minimum absolute atomic E-state index is 0.817. The zero-order valence-corrected chi connectivity index (χ0v) is 37.8. The first-order valence-electron chi connectivity index (χ1n) is 23.9. The number of furan rings is 2. The van der Waals surface area contributed by atoms with Gasteiger partial charge in [-0.2, -0.15) is 0 Å². The van der Waals surface area contributed by atoms with E-state index in [-0.39, 0.29) is 0 Å². The van der Waals surface area contributed by atoms with Crippen LogP contribution in [-0.2, 0) is 0 Å². The highest BCUT2D eigenvalue weighted by molar-refractivity contribution is 6.28. The van der Waals surface area contributed by atoms with E-state index in [0.717, 1.165) is 99.5 Å². The number of para-hydroxylation sites is 2. The zero-order valence-electron chi connectivity index (χ0n) is 37.8. The Labute approximate surface area is 402 Å². The Hall–Kier alpha value is -9.38. The van der Waals surface area contributed by atoms with E-state index in [4.69, 9.17) is 8.83 Å². The second kappa shape index (κ2) is 15.1. The molecule has 0 amide bonds. The Bertz CT molecular complexity index is 4310. The maximum Gasteiger partial charge on any atom is 0.138 e. The van der Waals surface area contributed by atoms with Gasteiger partial charge in [-0.1, -0.05) is 182 Å². The van der Waals surface area contributed by atoms with Crippen molar-refractivity contribution >= 4 is 143 Å². The summed E-state index contributed by atoms with van der Waals surface area (Å²) in [5, 5.41) is 18.4. The third-order valence-electron chi connectivity index (χ3n) is 14.6. The Morgan fingerprint density at radius 2 is 0.571 bits per heavy atom. The van der Waals surface area contributed by atoms with Gasteiger partial charge in [-0.25, -0.2) is 0 Å². The Kier molecular flexibility index (Phi) is 8.33. The molecule has 13 aromatic carbocycles. The summed E-state index contributed by atoms with van der Waals surface area (Å²) in [5.74, 6) is 0. The number of fused-ring (bicyclic) bond motifs is 16. The van der Waals surface area contributed by atoms with Gasteiger partial charge in [0.1, 0.15) is 22.3 Å². The Morgan fingerprint density at radius 1 is 0.214 bits per heavy atom. The van der Waals surface area contributed by atoms with Crippen LogP contribution in [0.2, 0.25) is 0 Å². The highest BCUT2D eigenvalue weighted by atomic mass is 16.3. The van der Waals surface area contributed by atoms with Crippen molar-refractivity contribution in [2.75, 3.05) is 9.80 Å². The lowest BCUT2D eigenvalue weighted by Crippen LogP contribution is -2.11. The molecule has 0 aliphatic rings. The van der Waals surface area contributed by atoms with Crippen LogP contribution in [0.3, 0.4) is 0 Å². The highest BCUT2D eigenvalue weighted by Crippen LogP contribution is 2.50. The molecule has 15 rings (SSSR count). The molecule has 4 nitrogen and oxygen atoms in total. The monoisotopic (exact) mass is 892 g/mol. The number of rotatable bonds is 6. The van der Waals surface area contributed by atoms with Crippen molar-refractivity contribution in [2.45, 2.75) is 0 Å². The van der Waals surface area contributed by atoms with Crippen LogP contribution >= 0.6 is 0 Å².